The highest BCUT2D eigenvalue weighted by Crippen LogP contribution is 2.05. The maximum absolute atomic E-state index is 9.78. The van der Waals surface area contributed by atoms with Crippen LogP contribution in [0.4, 0.5) is 0 Å². The van der Waals surface area contributed by atoms with Crippen molar-refractivity contribution in [3.8, 4) is 0 Å². The normalized spacial score (nSPS) is 11.6. The van der Waals surface area contributed by atoms with Crippen LogP contribution in [0, 0.1) is 0 Å². The minimum atomic E-state index is -3.41. The molecule has 2 N–H and O–H groups in total. The van der Waals surface area contributed by atoms with Crippen molar-refractivity contribution < 1.29 is 23.5 Å². The first-order valence-electron chi connectivity index (χ1n) is 3.63. The SMILES string of the molecule is CO[Si](O)(O)CCCOCC=O. The molecule has 0 saturated heterocycles. The number of rotatable bonds is 7. The van der Waals surface area contributed by atoms with Crippen LogP contribution in [0.25, 0.3) is 0 Å². The highest BCUT2D eigenvalue weighted by molar-refractivity contribution is 6.57. The average Bonchev–Trinajstić information content (AvgIpc) is 2.04. The number of aldehydes is 1. The van der Waals surface area contributed by atoms with Crippen LogP contribution in [0.1, 0.15) is 6.42 Å². The molecule has 0 aromatic rings. The second kappa shape index (κ2) is 6.27. The van der Waals surface area contributed by atoms with Gasteiger partial charge in [0.15, 0.2) is 0 Å². The van der Waals surface area contributed by atoms with Gasteiger partial charge in [0.25, 0.3) is 0 Å². The summed E-state index contributed by atoms with van der Waals surface area (Å²) in [6.45, 7) is 0.399. The summed E-state index contributed by atoms with van der Waals surface area (Å²) >= 11 is 0. The zero-order valence-corrected chi connectivity index (χ0v) is 8.02. The Morgan fingerprint density at radius 1 is 1.50 bits per heavy atom. The Hall–Kier alpha value is -0.273. The molecule has 0 unspecified atom stereocenters. The Bertz CT molecular complexity index is 127. The van der Waals surface area contributed by atoms with E-state index < -0.39 is 8.80 Å². The second-order valence-corrected chi connectivity index (χ2v) is 4.69. The molecule has 12 heavy (non-hydrogen) atoms. The van der Waals surface area contributed by atoms with Crippen molar-refractivity contribution >= 4 is 15.1 Å². The molecule has 0 amide bonds. The van der Waals surface area contributed by atoms with Gasteiger partial charge in [-0.15, -0.1) is 0 Å². The summed E-state index contributed by atoms with van der Waals surface area (Å²) < 4.78 is 9.27. The number of ether oxygens (including phenoxy) is 1. The molecule has 0 aromatic carbocycles. The lowest BCUT2D eigenvalue weighted by atomic mass is 10.5. The first-order chi connectivity index (χ1) is 5.62. The van der Waals surface area contributed by atoms with Gasteiger partial charge in [-0.1, -0.05) is 0 Å². The van der Waals surface area contributed by atoms with E-state index in [-0.39, 0.29) is 12.7 Å². The van der Waals surface area contributed by atoms with Crippen molar-refractivity contribution in [2.75, 3.05) is 20.3 Å². The zero-order chi connectivity index (χ0) is 9.45. The van der Waals surface area contributed by atoms with Gasteiger partial charge in [-0.3, -0.25) is 0 Å². The van der Waals surface area contributed by atoms with E-state index in [1.165, 1.54) is 7.11 Å². The Balaban J connectivity index is 3.24. The van der Waals surface area contributed by atoms with Crippen molar-refractivity contribution in [2.45, 2.75) is 12.5 Å². The molecule has 0 atom stereocenters. The summed E-state index contributed by atoms with van der Waals surface area (Å²) in [6.07, 6.45) is 1.14. The van der Waals surface area contributed by atoms with E-state index in [9.17, 15) is 4.79 Å². The summed E-state index contributed by atoms with van der Waals surface area (Å²) in [5, 5.41) is 0. The van der Waals surface area contributed by atoms with E-state index >= 15 is 0 Å². The second-order valence-electron chi connectivity index (χ2n) is 2.29. The van der Waals surface area contributed by atoms with E-state index in [2.05, 4.69) is 4.43 Å². The van der Waals surface area contributed by atoms with Crippen molar-refractivity contribution in [1.29, 1.82) is 0 Å². The monoisotopic (exact) mass is 194 g/mol. The van der Waals surface area contributed by atoms with Gasteiger partial charge in [-0.25, -0.2) is 0 Å². The zero-order valence-electron chi connectivity index (χ0n) is 7.02. The van der Waals surface area contributed by atoms with Crippen LogP contribution >= 0.6 is 0 Å². The Kier molecular flexibility index (Phi) is 6.12. The highest BCUT2D eigenvalue weighted by atomic mass is 28.4. The lowest BCUT2D eigenvalue weighted by molar-refractivity contribution is -0.111. The van der Waals surface area contributed by atoms with Crippen molar-refractivity contribution in [3.05, 3.63) is 0 Å². The molecule has 0 aliphatic heterocycles. The van der Waals surface area contributed by atoms with Crippen LogP contribution < -0.4 is 0 Å². The Morgan fingerprint density at radius 3 is 2.67 bits per heavy atom. The van der Waals surface area contributed by atoms with E-state index in [0.29, 0.717) is 19.3 Å². The molecule has 0 bridgehead atoms. The number of carbonyl (C=O) groups excluding carboxylic acids is 1. The molecular weight excluding hydrogens is 180 g/mol. The molecule has 0 fully saturated rings. The van der Waals surface area contributed by atoms with E-state index in [1.807, 2.05) is 0 Å². The molecule has 5 nitrogen and oxygen atoms in total. The predicted octanol–water partition coefficient (Wildman–Crippen LogP) is -0.838. The fraction of sp³-hybridized carbons (Fsp3) is 0.833. The molecule has 0 aliphatic rings. The molecule has 0 spiro atoms. The number of carbonyl (C=O) groups is 1. The minimum Gasteiger partial charge on any atom is -0.390 e. The largest absolute Gasteiger partial charge is 0.495 e. The van der Waals surface area contributed by atoms with Crippen LogP contribution in [0.3, 0.4) is 0 Å². The van der Waals surface area contributed by atoms with Crippen molar-refractivity contribution in [3.63, 3.8) is 0 Å². The maximum Gasteiger partial charge on any atom is 0.495 e. The lowest BCUT2D eigenvalue weighted by Crippen LogP contribution is -2.37. The highest BCUT2D eigenvalue weighted by Gasteiger charge is 2.29. The van der Waals surface area contributed by atoms with Gasteiger partial charge < -0.3 is 23.5 Å². The van der Waals surface area contributed by atoms with Gasteiger partial charge in [-0.05, 0) is 6.42 Å². The summed E-state index contributed by atoms with van der Waals surface area (Å²) in [5.74, 6) is 0. The molecule has 0 radical (unpaired) electrons. The number of hydrogen-bond donors (Lipinski definition) is 2. The molecule has 0 saturated carbocycles. The Labute approximate surface area is 72.3 Å². The van der Waals surface area contributed by atoms with Gasteiger partial charge >= 0.3 is 8.80 Å². The maximum atomic E-state index is 9.78. The van der Waals surface area contributed by atoms with E-state index in [0.717, 1.165) is 0 Å². The molecule has 0 aromatic heterocycles. The number of hydrogen-bond acceptors (Lipinski definition) is 5. The summed E-state index contributed by atoms with van der Waals surface area (Å²) in [5.41, 5.74) is 0. The van der Waals surface area contributed by atoms with Crippen LogP contribution in [-0.2, 0) is 14.0 Å². The Morgan fingerprint density at radius 2 is 2.17 bits per heavy atom. The average molecular weight is 194 g/mol. The summed E-state index contributed by atoms with van der Waals surface area (Å²) in [4.78, 5) is 27.8. The van der Waals surface area contributed by atoms with Gasteiger partial charge in [-0.2, -0.15) is 0 Å². The van der Waals surface area contributed by atoms with Crippen molar-refractivity contribution in [2.24, 2.45) is 0 Å². The first-order valence-corrected chi connectivity index (χ1v) is 5.64. The molecule has 6 heteroatoms. The standard InChI is InChI=1S/C6H14O5Si/c1-10-12(8,9)6-2-4-11-5-3-7/h3,8-9H,2,4-6H2,1H3. The fourth-order valence-corrected chi connectivity index (χ4v) is 1.45. The van der Waals surface area contributed by atoms with Gasteiger partial charge in [0.2, 0.25) is 0 Å². The third kappa shape index (κ3) is 6.44. The molecule has 0 aliphatic carbocycles. The molecule has 72 valence electrons. The van der Waals surface area contributed by atoms with Gasteiger partial charge in [0.1, 0.15) is 12.9 Å². The van der Waals surface area contributed by atoms with E-state index in [4.69, 9.17) is 14.3 Å². The smallest absolute Gasteiger partial charge is 0.390 e. The van der Waals surface area contributed by atoms with Crippen LogP contribution in [0.15, 0.2) is 0 Å². The fourth-order valence-electron chi connectivity index (χ4n) is 0.638. The topological polar surface area (TPSA) is 76.0 Å². The quantitative estimate of drug-likeness (QED) is 0.314. The van der Waals surface area contributed by atoms with E-state index in [1.54, 1.807) is 0 Å². The third-order valence-electron chi connectivity index (χ3n) is 1.30. The molecular formula is C6H14O5Si. The molecule has 0 rings (SSSR count). The lowest BCUT2D eigenvalue weighted by Gasteiger charge is -2.13. The van der Waals surface area contributed by atoms with Gasteiger partial charge in [0, 0.05) is 19.8 Å². The minimum absolute atomic E-state index is 0.0540. The van der Waals surface area contributed by atoms with Crippen molar-refractivity contribution in [1.82, 2.24) is 0 Å². The first kappa shape index (κ1) is 11.7. The van der Waals surface area contributed by atoms with Crippen LogP contribution in [0.5, 0.6) is 0 Å². The predicted molar refractivity (Wildman–Crippen MR) is 43.5 cm³/mol. The summed E-state index contributed by atoms with van der Waals surface area (Å²) in [6, 6.07) is 0.197. The van der Waals surface area contributed by atoms with Gasteiger partial charge in [0.05, 0.1) is 0 Å². The summed E-state index contributed by atoms with van der Waals surface area (Å²) in [7, 11) is -2.14. The van der Waals surface area contributed by atoms with Crippen LogP contribution in [0.2, 0.25) is 6.04 Å². The molecule has 0 heterocycles. The third-order valence-corrected chi connectivity index (χ3v) is 2.96. The van der Waals surface area contributed by atoms with Crippen LogP contribution in [-0.4, -0.2) is 45.0 Å².